The van der Waals surface area contributed by atoms with E-state index in [1.54, 1.807) is 17.6 Å². The number of nitrogens with one attached hydrogen (secondary N) is 1. The van der Waals surface area contributed by atoms with E-state index in [9.17, 15) is 18.4 Å². The summed E-state index contributed by atoms with van der Waals surface area (Å²) < 4.78 is 32.0. The van der Waals surface area contributed by atoms with Gasteiger partial charge in [0.25, 0.3) is 5.91 Å². The predicted molar refractivity (Wildman–Crippen MR) is 120 cm³/mol. The summed E-state index contributed by atoms with van der Waals surface area (Å²) in [4.78, 5) is 19.1. The molecule has 8 nitrogen and oxygen atoms in total. The van der Waals surface area contributed by atoms with E-state index in [1.807, 2.05) is 32.9 Å². The average Bonchev–Trinajstić information content (AvgIpc) is 2.77. The maximum Gasteiger partial charge on any atom is 0.250 e. The summed E-state index contributed by atoms with van der Waals surface area (Å²) in [5.41, 5.74) is 3.35. The van der Waals surface area contributed by atoms with Gasteiger partial charge >= 0.3 is 0 Å². The number of hydrogen-bond donors (Lipinski definition) is 2. The zero-order chi connectivity index (χ0) is 23.4. The Bertz CT molecular complexity index is 1030. The minimum atomic E-state index is -3.75. The lowest BCUT2D eigenvalue weighted by Gasteiger charge is -2.39. The first kappa shape index (κ1) is 24.2. The van der Waals surface area contributed by atoms with Crippen LogP contribution < -0.4 is 10.2 Å². The van der Waals surface area contributed by atoms with Crippen molar-refractivity contribution < 1.29 is 23.2 Å². The fourth-order valence-corrected chi connectivity index (χ4v) is 6.08. The number of piperidine rings is 1. The predicted octanol–water partition coefficient (Wildman–Crippen LogP) is 2.66. The Morgan fingerprint density at radius 3 is 2.28 bits per heavy atom. The highest BCUT2D eigenvalue weighted by molar-refractivity contribution is 7.91. The standard InChI is InChI=1S/C23H31N3O5S/c1-4-26-11-9-23(10-12-26,22(27)25-28)16-32(29,30)21-7-5-20(6-8-21)31-15-19-13-17(2)24-18(3)14-19/h5-8,13-14,28H,4,9-12,15-16H2,1-3H3,(H,25,27). The molecule has 9 heteroatoms. The molecule has 1 saturated heterocycles. The van der Waals surface area contributed by atoms with Crippen molar-refractivity contribution in [1.82, 2.24) is 15.4 Å². The lowest BCUT2D eigenvalue weighted by molar-refractivity contribution is -0.141. The summed E-state index contributed by atoms with van der Waals surface area (Å²) >= 11 is 0. The highest BCUT2D eigenvalue weighted by Gasteiger charge is 2.45. The Morgan fingerprint density at radius 1 is 1.16 bits per heavy atom. The number of hydrogen-bond acceptors (Lipinski definition) is 7. The van der Waals surface area contributed by atoms with E-state index < -0.39 is 21.2 Å². The molecule has 3 rings (SSSR count). The second kappa shape index (κ2) is 9.97. The van der Waals surface area contributed by atoms with Crippen LogP contribution in [0.4, 0.5) is 0 Å². The van der Waals surface area contributed by atoms with E-state index in [4.69, 9.17) is 4.74 Å². The SMILES string of the molecule is CCN1CCC(CS(=O)(=O)c2ccc(OCc3cc(C)nc(C)c3)cc2)(C(=O)NO)CC1. The zero-order valence-corrected chi connectivity index (χ0v) is 19.6. The van der Waals surface area contributed by atoms with Crippen LogP contribution in [0.15, 0.2) is 41.3 Å². The normalized spacial score (nSPS) is 16.5. The number of aryl methyl sites for hydroxylation is 2. The lowest BCUT2D eigenvalue weighted by Crippen LogP contribution is -2.51. The Hall–Kier alpha value is -2.49. The number of hydroxylamine groups is 1. The largest absolute Gasteiger partial charge is 0.489 e. The van der Waals surface area contributed by atoms with Crippen molar-refractivity contribution in [1.29, 1.82) is 0 Å². The van der Waals surface area contributed by atoms with Gasteiger partial charge in [-0.3, -0.25) is 15.0 Å². The molecule has 0 spiro atoms. The van der Waals surface area contributed by atoms with Gasteiger partial charge in [0.1, 0.15) is 12.4 Å². The molecule has 32 heavy (non-hydrogen) atoms. The number of amides is 1. The topological polar surface area (TPSA) is 109 Å². The summed E-state index contributed by atoms with van der Waals surface area (Å²) in [5, 5.41) is 9.24. The number of likely N-dealkylation sites (tertiary alicyclic amines) is 1. The first-order valence-corrected chi connectivity index (χ1v) is 12.4. The fourth-order valence-electron chi connectivity index (χ4n) is 4.21. The molecule has 0 unspecified atom stereocenters. The van der Waals surface area contributed by atoms with Crippen LogP contribution in [-0.4, -0.2) is 54.8 Å². The van der Waals surface area contributed by atoms with Crippen molar-refractivity contribution in [3.8, 4) is 5.75 Å². The molecule has 0 radical (unpaired) electrons. The van der Waals surface area contributed by atoms with Crippen molar-refractivity contribution in [3.63, 3.8) is 0 Å². The highest BCUT2D eigenvalue weighted by atomic mass is 32.2. The maximum atomic E-state index is 13.1. The second-order valence-corrected chi connectivity index (χ2v) is 10.4. The molecule has 0 aliphatic carbocycles. The molecule has 2 aromatic rings. The first-order valence-electron chi connectivity index (χ1n) is 10.7. The molecular weight excluding hydrogens is 430 g/mol. The molecule has 1 amide bonds. The van der Waals surface area contributed by atoms with Crippen LogP contribution in [0.2, 0.25) is 0 Å². The van der Waals surface area contributed by atoms with Gasteiger partial charge in [-0.15, -0.1) is 0 Å². The van der Waals surface area contributed by atoms with Crippen LogP contribution in [0, 0.1) is 19.3 Å². The van der Waals surface area contributed by atoms with Gasteiger partial charge in [0, 0.05) is 11.4 Å². The third-order valence-electron chi connectivity index (χ3n) is 6.04. The fraction of sp³-hybridized carbons (Fsp3) is 0.478. The van der Waals surface area contributed by atoms with Crippen molar-refractivity contribution >= 4 is 15.7 Å². The van der Waals surface area contributed by atoms with E-state index in [-0.39, 0.29) is 10.6 Å². The van der Waals surface area contributed by atoms with E-state index in [0.29, 0.717) is 38.3 Å². The second-order valence-electron chi connectivity index (χ2n) is 8.43. The number of ether oxygens (including phenoxy) is 1. The quantitative estimate of drug-likeness (QED) is 0.459. The van der Waals surface area contributed by atoms with Crippen LogP contribution in [0.3, 0.4) is 0 Å². The molecule has 1 aliphatic heterocycles. The molecule has 1 aliphatic rings. The Labute approximate surface area is 189 Å². The first-order chi connectivity index (χ1) is 15.2. The van der Waals surface area contributed by atoms with Gasteiger partial charge in [-0.25, -0.2) is 13.9 Å². The monoisotopic (exact) mass is 461 g/mol. The van der Waals surface area contributed by atoms with Gasteiger partial charge in [-0.05, 0) is 88.3 Å². The number of carbonyl (C=O) groups excluding carboxylic acids is 1. The summed E-state index contributed by atoms with van der Waals surface area (Å²) in [6.45, 7) is 8.28. The molecule has 0 saturated carbocycles. The van der Waals surface area contributed by atoms with Gasteiger partial charge < -0.3 is 9.64 Å². The van der Waals surface area contributed by atoms with E-state index in [2.05, 4.69) is 9.88 Å². The average molecular weight is 462 g/mol. The minimum Gasteiger partial charge on any atom is -0.489 e. The van der Waals surface area contributed by atoms with Crippen LogP contribution in [0.5, 0.6) is 5.75 Å². The summed E-state index contributed by atoms with van der Waals surface area (Å²) in [7, 11) is -3.75. The molecule has 0 bridgehead atoms. The number of carbonyl (C=O) groups is 1. The number of aromatic nitrogens is 1. The van der Waals surface area contributed by atoms with Crippen molar-refractivity contribution in [2.45, 2.75) is 45.1 Å². The Kier molecular flexibility index (Phi) is 7.53. The van der Waals surface area contributed by atoms with Crippen LogP contribution in [-0.2, 0) is 21.2 Å². The van der Waals surface area contributed by atoms with Crippen LogP contribution in [0.25, 0.3) is 0 Å². The smallest absolute Gasteiger partial charge is 0.250 e. The lowest BCUT2D eigenvalue weighted by atomic mass is 9.79. The minimum absolute atomic E-state index is 0.128. The van der Waals surface area contributed by atoms with Gasteiger partial charge in [0.05, 0.1) is 16.1 Å². The number of rotatable bonds is 8. The number of pyridine rings is 1. The molecule has 1 aromatic carbocycles. The van der Waals surface area contributed by atoms with Crippen molar-refractivity contribution in [2.75, 3.05) is 25.4 Å². The van der Waals surface area contributed by atoms with Gasteiger partial charge in [-0.2, -0.15) is 0 Å². The van der Waals surface area contributed by atoms with Crippen LogP contribution >= 0.6 is 0 Å². The summed E-state index contributed by atoms with van der Waals surface area (Å²) in [6, 6.07) is 10.1. The molecule has 0 atom stereocenters. The molecule has 2 N–H and O–H groups in total. The molecule has 1 fully saturated rings. The van der Waals surface area contributed by atoms with Crippen molar-refractivity contribution in [3.05, 3.63) is 53.3 Å². The van der Waals surface area contributed by atoms with Gasteiger partial charge in [0.2, 0.25) is 0 Å². The van der Waals surface area contributed by atoms with E-state index in [1.165, 1.54) is 12.1 Å². The summed E-state index contributed by atoms with van der Waals surface area (Å²) in [5.74, 6) is -0.436. The molecule has 2 heterocycles. The summed E-state index contributed by atoms with van der Waals surface area (Å²) in [6.07, 6.45) is 0.747. The van der Waals surface area contributed by atoms with E-state index in [0.717, 1.165) is 23.5 Å². The number of sulfone groups is 1. The molecule has 1 aromatic heterocycles. The van der Waals surface area contributed by atoms with Gasteiger partial charge in [-0.1, -0.05) is 6.92 Å². The van der Waals surface area contributed by atoms with E-state index >= 15 is 0 Å². The zero-order valence-electron chi connectivity index (χ0n) is 18.8. The highest BCUT2D eigenvalue weighted by Crippen LogP contribution is 2.35. The number of benzene rings is 1. The third-order valence-corrected chi connectivity index (χ3v) is 7.96. The number of nitrogens with zero attached hydrogens (tertiary/aromatic N) is 2. The Morgan fingerprint density at radius 2 is 1.75 bits per heavy atom. The van der Waals surface area contributed by atoms with Crippen molar-refractivity contribution in [2.24, 2.45) is 5.41 Å². The Balaban J connectivity index is 1.71. The molecule has 174 valence electrons. The third kappa shape index (κ3) is 5.65. The molecular formula is C23H31N3O5S. The maximum absolute atomic E-state index is 13.1. The van der Waals surface area contributed by atoms with Crippen LogP contribution in [0.1, 0.15) is 36.7 Å². The van der Waals surface area contributed by atoms with Gasteiger partial charge in [0.15, 0.2) is 9.84 Å².